The van der Waals surface area contributed by atoms with Crippen LogP contribution in [0.2, 0.25) is 19.1 Å². The highest BCUT2D eigenvalue weighted by atomic mass is 28.3. The van der Waals surface area contributed by atoms with Gasteiger partial charge in [0.2, 0.25) is 0 Å². The third kappa shape index (κ3) is 3.75. The van der Waals surface area contributed by atoms with Crippen LogP contribution in [-0.2, 0) is 0 Å². The van der Waals surface area contributed by atoms with E-state index < -0.39 is 8.07 Å². The lowest BCUT2D eigenvalue weighted by Gasteiger charge is -2.14. The molecule has 74 valence electrons. The van der Waals surface area contributed by atoms with Crippen LogP contribution in [0.15, 0.2) is 48.7 Å². The van der Waals surface area contributed by atoms with Crippen LogP contribution in [-0.4, -0.2) is 8.07 Å². The summed E-state index contributed by atoms with van der Waals surface area (Å²) in [7, 11) is -1.18. The summed E-state index contributed by atoms with van der Waals surface area (Å²) in [6, 6.07) is 11.6. The molecule has 0 spiro atoms. The Morgan fingerprint density at radius 1 is 1.21 bits per heavy atom. The summed E-state index contributed by atoms with van der Waals surface area (Å²) >= 11 is 0. The van der Waals surface area contributed by atoms with Gasteiger partial charge in [-0.2, -0.15) is 0 Å². The fraction of sp³-hybridized carbons (Fsp3) is 0.231. The Kier molecular flexibility index (Phi) is 3.90. The van der Waals surface area contributed by atoms with Crippen molar-refractivity contribution >= 4 is 14.1 Å². The Morgan fingerprint density at radius 3 is 2.43 bits per heavy atom. The molecule has 0 saturated carbocycles. The van der Waals surface area contributed by atoms with Crippen LogP contribution in [0, 0.1) is 0 Å². The van der Waals surface area contributed by atoms with Crippen LogP contribution >= 0.6 is 0 Å². The van der Waals surface area contributed by atoms with Crippen molar-refractivity contribution < 1.29 is 0 Å². The van der Waals surface area contributed by atoms with Crippen molar-refractivity contribution in [3.8, 4) is 0 Å². The van der Waals surface area contributed by atoms with Crippen molar-refractivity contribution in [2.24, 2.45) is 0 Å². The molecule has 0 aliphatic heterocycles. The molecule has 0 atom stereocenters. The smallest absolute Gasteiger partial charge is 0.0754 e. The first kappa shape index (κ1) is 11.0. The first-order chi connectivity index (χ1) is 6.64. The Bertz CT molecular complexity index is 309. The molecule has 0 nitrogen and oxygen atoms in total. The fourth-order valence-corrected chi connectivity index (χ4v) is 2.85. The molecule has 14 heavy (non-hydrogen) atoms. The molecule has 0 aliphatic rings. The predicted octanol–water partition coefficient (Wildman–Crippen LogP) is 4.13. The van der Waals surface area contributed by atoms with Crippen LogP contribution < -0.4 is 0 Å². The molecule has 0 fully saturated rings. The summed E-state index contributed by atoms with van der Waals surface area (Å²) in [5.74, 6) is 0. The summed E-state index contributed by atoms with van der Waals surface area (Å²) in [6.07, 6.45) is 4.26. The van der Waals surface area contributed by atoms with Gasteiger partial charge in [-0.05, 0) is 11.6 Å². The summed E-state index contributed by atoms with van der Waals surface area (Å²) in [5.41, 5.74) is 3.67. The van der Waals surface area contributed by atoms with Crippen LogP contribution in [0.1, 0.15) is 5.56 Å². The molecule has 0 radical (unpaired) electrons. The Labute approximate surface area is 88.0 Å². The minimum absolute atomic E-state index is 1.15. The predicted molar refractivity (Wildman–Crippen MR) is 68.0 cm³/mol. The van der Waals surface area contributed by atoms with E-state index in [-0.39, 0.29) is 0 Å². The molecule has 1 heteroatoms. The quantitative estimate of drug-likeness (QED) is 0.508. The zero-order valence-electron chi connectivity index (χ0n) is 9.03. The van der Waals surface area contributed by atoms with Gasteiger partial charge < -0.3 is 0 Å². The second kappa shape index (κ2) is 4.96. The average molecular weight is 202 g/mol. The van der Waals surface area contributed by atoms with Gasteiger partial charge in [0.05, 0.1) is 8.07 Å². The van der Waals surface area contributed by atoms with Gasteiger partial charge in [-0.25, -0.2) is 0 Å². The summed E-state index contributed by atoms with van der Waals surface area (Å²) in [4.78, 5) is 0. The molecule has 0 N–H and O–H groups in total. The van der Waals surface area contributed by atoms with Crippen LogP contribution in [0.5, 0.6) is 0 Å². The minimum Gasteiger partial charge on any atom is -0.103 e. The topological polar surface area (TPSA) is 0 Å². The molecule has 0 aromatic heterocycles. The molecule has 0 heterocycles. The van der Waals surface area contributed by atoms with E-state index in [1.165, 1.54) is 5.56 Å². The number of benzene rings is 1. The van der Waals surface area contributed by atoms with Crippen molar-refractivity contribution in [2.45, 2.75) is 19.1 Å². The molecule has 1 aromatic rings. The standard InChI is InChI=1S/C13H18Si/c1-4-11-14(2,3)12-10-13-8-6-5-7-9-13/h4-10,12H,1,11H2,2-3H3. The first-order valence-electron chi connectivity index (χ1n) is 4.99. The summed E-state index contributed by atoms with van der Waals surface area (Å²) in [5, 5.41) is 0. The van der Waals surface area contributed by atoms with Crippen molar-refractivity contribution in [2.75, 3.05) is 0 Å². The number of hydrogen-bond donors (Lipinski definition) is 0. The number of rotatable bonds is 4. The van der Waals surface area contributed by atoms with E-state index in [4.69, 9.17) is 0 Å². The Morgan fingerprint density at radius 2 is 1.86 bits per heavy atom. The maximum atomic E-state index is 3.80. The molecule has 1 aromatic carbocycles. The lowest BCUT2D eigenvalue weighted by atomic mass is 10.2. The van der Waals surface area contributed by atoms with Gasteiger partial charge in [0, 0.05) is 0 Å². The van der Waals surface area contributed by atoms with Crippen molar-refractivity contribution in [3.05, 3.63) is 54.2 Å². The SMILES string of the molecule is C=CC[Si](C)(C)C=Cc1ccccc1. The zero-order chi connectivity index (χ0) is 10.4. The zero-order valence-corrected chi connectivity index (χ0v) is 10.0. The van der Waals surface area contributed by atoms with E-state index in [1.807, 2.05) is 12.1 Å². The number of hydrogen-bond acceptors (Lipinski definition) is 0. The van der Waals surface area contributed by atoms with Crippen molar-refractivity contribution in [1.29, 1.82) is 0 Å². The van der Waals surface area contributed by atoms with Crippen LogP contribution in [0.3, 0.4) is 0 Å². The normalized spacial score (nSPS) is 11.9. The van der Waals surface area contributed by atoms with Gasteiger partial charge in [-0.3, -0.25) is 0 Å². The van der Waals surface area contributed by atoms with E-state index in [1.54, 1.807) is 0 Å². The average Bonchev–Trinajstić information content (AvgIpc) is 2.17. The van der Waals surface area contributed by atoms with Gasteiger partial charge in [-0.1, -0.05) is 61.3 Å². The molecule has 0 aliphatic carbocycles. The van der Waals surface area contributed by atoms with Gasteiger partial charge in [0.15, 0.2) is 0 Å². The Balaban J connectivity index is 2.68. The Hall–Kier alpha value is -1.08. The van der Waals surface area contributed by atoms with Crippen LogP contribution in [0.4, 0.5) is 0 Å². The highest BCUT2D eigenvalue weighted by Crippen LogP contribution is 2.13. The maximum absolute atomic E-state index is 3.80. The minimum atomic E-state index is -1.18. The van der Waals surface area contributed by atoms with Crippen molar-refractivity contribution in [3.63, 3.8) is 0 Å². The monoisotopic (exact) mass is 202 g/mol. The summed E-state index contributed by atoms with van der Waals surface area (Å²) in [6.45, 7) is 8.51. The summed E-state index contributed by atoms with van der Waals surface area (Å²) < 4.78 is 0. The molecule has 0 bridgehead atoms. The highest BCUT2D eigenvalue weighted by molar-refractivity contribution is 6.83. The highest BCUT2D eigenvalue weighted by Gasteiger charge is 2.13. The second-order valence-electron chi connectivity index (χ2n) is 4.23. The lowest BCUT2D eigenvalue weighted by Crippen LogP contribution is -2.20. The molecule has 1 rings (SSSR count). The molecular formula is C13H18Si. The molecule has 0 amide bonds. The van der Waals surface area contributed by atoms with Gasteiger partial charge in [0.1, 0.15) is 0 Å². The maximum Gasteiger partial charge on any atom is 0.0754 e. The van der Waals surface area contributed by atoms with E-state index in [0.29, 0.717) is 0 Å². The van der Waals surface area contributed by atoms with Crippen LogP contribution in [0.25, 0.3) is 6.08 Å². The van der Waals surface area contributed by atoms with Gasteiger partial charge in [-0.15, -0.1) is 6.58 Å². The second-order valence-corrected chi connectivity index (χ2v) is 8.94. The third-order valence-corrected chi connectivity index (χ3v) is 4.61. The van der Waals surface area contributed by atoms with Crippen molar-refractivity contribution in [1.82, 2.24) is 0 Å². The number of allylic oxidation sites excluding steroid dienone is 1. The third-order valence-electron chi connectivity index (χ3n) is 2.20. The largest absolute Gasteiger partial charge is 0.103 e. The van der Waals surface area contributed by atoms with Gasteiger partial charge >= 0.3 is 0 Å². The van der Waals surface area contributed by atoms with E-state index in [0.717, 1.165) is 6.04 Å². The molecule has 0 saturated heterocycles. The van der Waals surface area contributed by atoms with E-state index in [9.17, 15) is 0 Å². The van der Waals surface area contributed by atoms with Gasteiger partial charge in [0.25, 0.3) is 0 Å². The lowest BCUT2D eigenvalue weighted by molar-refractivity contribution is 1.56. The van der Waals surface area contributed by atoms with E-state index >= 15 is 0 Å². The molecular weight excluding hydrogens is 184 g/mol. The van der Waals surface area contributed by atoms with E-state index in [2.05, 4.69) is 55.7 Å². The first-order valence-corrected chi connectivity index (χ1v) is 8.28. The fourth-order valence-electron chi connectivity index (χ4n) is 1.33. The molecule has 0 unspecified atom stereocenters.